The molecule has 28 heavy (non-hydrogen) atoms. The molecule has 0 atom stereocenters. The third-order valence-corrected chi connectivity index (χ3v) is 6.02. The molecular formula is C22H21N3O2S. The lowest BCUT2D eigenvalue weighted by Crippen LogP contribution is -2.27. The molecular weight excluding hydrogens is 370 g/mol. The summed E-state index contributed by atoms with van der Waals surface area (Å²) in [5.41, 5.74) is 4.78. The minimum Gasteiger partial charge on any atom is -0.293 e. The van der Waals surface area contributed by atoms with Crippen molar-refractivity contribution in [1.82, 2.24) is 14.5 Å². The number of hydrogen-bond acceptors (Lipinski definition) is 5. The van der Waals surface area contributed by atoms with Crippen LogP contribution in [0.15, 0.2) is 58.6 Å². The summed E-state index contributed by atoms with van der Waals surface area (Å²) in [4.78, 5) is 33.5. The van der Waals surface area contributed by atoms with E-state index in [9.17, 15) is 9.59 Å². The van der Waals surface area contributed by atoms with Crippen molar-refractivity contribution in [3.05, 3.63) is 87.2 Å². The van der Waals surface area contributed by atoms with E-state index in [4.69, 9.17) is 0 Å². The second-order valence-corrected chi connectivity index (χ2v) is 7.96. The fourth-order valence-corrected chi connectivity index (χ4v) is 4.47. The molecule has 0 amide bonds. The van der Waals surface area contributed by atoms with Crippen LogP contribution in [0.3, 0.4) is 0 Å². The number of aryl methyl sites for hydroxylation is 1. The summed E-state index contributed by atoms with van der Waals surface area (Å²) in [6, 6.07) is 11.4. The Kier molecular flexibility index (Phi) is 5.39. The molecule has 142 valence electrons. The van der Waals surface area contributed by atoms with Gasteiger partial charge in [-0.15, -0.1) is 0 Å². The van der Waals surface area contributed by atoms with Crippen LogP contribution in [0.25, 0.3) is 0 Å². The highest BCUT2D eigenvalue weighted by Crippen LogP contribution is 2.29. The Morgan fingerprint density at radius 1 is 1.11 bits per heavy atom. The minimum absolute atomic E-state index is 0.0551. The molecule has 4 rings (SSSR count). The molecule has 0 N–H and O–H groups in total. The van der Waals surface area contributed by atoms with E-state index in [2.05, 4.69) is 9.97 Å². The number of nitrogens with zero attached hydrogens (tertiary/aromatic N) is 3. The highest BCUT2D eigenvalue weighted by Gasteiger charge is 2.22. The number of rotatable bonds is 6. The number of carbonyl (C=O) groups is 1. The zero-order valence-corrected chi connectivity index (χ0v) is 16.5. The van der Waals surface area contributed by atoms with Gasteiger partial charge in [-0.3, -0.25) is 14.3 Å². The van der Waals surface area contributed by atoms with Crippen molar-refractivity contribution in [2.45, 2.75) is 37.8 Å². The van der Waals surface area contributed by atoms with E-state index in [0.717, 1.165) is 41.6 Å². The first kappa shape index (κ1) is 18.6. The summed E-state index contributed by atoms with van der Waals surface area (Å²) in [6.07, 6.45) is 6.25. The van der Waals surface area contributed by atoms with Crippen LogP contribution >= 0.6 is 11.8 Å². The zero-order valence-electron chi connectivity index (χ0n) is 15.7. The molecule has 0 saturated carbocycles. The Labute approximate surface area is 167 Å². The van der Waals surface area contributed by atoms with Crippen LogP contribution in [0, 0.1) is 6.92 Å². The Morgan fingerprint density at radius 2 is 1.86 bits per heavy atom. The van der Waals surface area contributed by atoms with Crippen molar-refractivity contribution in [1.29, 1.82) is 0 Å². The quantitative estimate of drug-likeness (QED) is 0.366. The molecule has 2 heterocycles. The second kappa shape index (κ2) is 8.10. The molecule has 1 aromatic carbocycles. The molecule has 5 nitrogen and oxygen atoms in total. The third kappa shape index (κ3) is 3.92. The zero-order chi connectivity index (χ0) is 19.5. The number of thioether (sulfide) groups is 1. The molecule has 1 aliphatic carbocycles. The van der Waals surface area contributed by atoms with E-state index in [1.807, 2.05) is 43.3 Å². The van der Waals surface area contributed by atoms with Gasteiger partial charge in [-0.2, -0.15) is 4.98 Å². The van der Waals surface area contributed by atoms with E-state index in [1.54, 1.807) is 17.0 Å². The van der Waals surface area contributed by atoms with Gasteiger partial charge in [0.25, 0.3) is 0 Å². The maximum Gasteiger partial charge on any atom is 0.349 e. The molecule has 0 aliphatic heterocycles. The van der Waals surface area contributed by atoms with Gasteiger partial charge in [0, 0.05) is 29.2 Å². The summed E-state index contributed by atoms with van der Waals surface area (Å²) >= 11 is 1.38. The molecule has 3 aromatic rings. The van der Waals surface area contributed by atoms with E-state index in [-0.39, 0.29) is 17.2 Å². The average Bonchev–Trinajstić information content (AvgIpc) is 3.20. The first-order valence-electron chi connectivity index (χ1n) is 9.36. The van der Waals surface area contributed by atoms with Crippen LogP contribution in [0.2, 0.25) is 0 Å². The lowest BCUT2D eigenvalue weighted by Gasteiger charge is -2.14. The normalized spacial score (nSPS) is 12.8. The first-order valence-corrected chi connectivity index (χ1v) is 10.3. The monoisotopic (exact) mass is 391 g/mol. The van der Waals surface area contributed by atoms with Crippen LogP contribution in [-0.2, 0) is 19.4 Å². The molecule has 1 aliphatic rings. The van der Waals surface area contributed by atoms with Gasteiger partial charge in [-0.1, -0.05) is 41.6 Å². The summed E-state index contributed by atoms with van der Waals surface area (Å²) in [6.45, 7) is 2.50. The van der Waals surface area contributed by atoms with Gasteiger partial charge in [-0.25, -0.2) is 4.79 Å². The van der Waals surface area contributed by atoms with Gasteiger partial charge in [-0.05, 0) is 43.9 Å². The predicted octanol–water partition coefficient (Wildman–Crippen LogP) is 3.46. The number of benzene rings is 1. The maximum absolute atomic E-state index is 12.7. The first-order chi connectivity index (χ1) is 13.6. The maximum atomic E-state index is 12.7. The molecule has 0 bridgehead atoms. The lowest BCUT2D eigenvalue weighted by molar-refractivity contribution is 0.102. The highest BCUT2D eigenvalue weighted by atomic mass is 32.2. The fourth-order valence-electron chi connectivity index (χ4n) is 3.50. The Hall–Kier alpha value is -2.73. The van der Waals surface area contributed by atoms with E-state index in [1.165, 1.54) is 11.8 Å². The van der Waals surface area contributed by atoms with Crippen LogP contribution in [0.4, 0.5) is 0 Å². The smallest absolute Gasteiger partial charge is 0.293 e. The Bertz CT molecular complexity index is 1060. The molecule has 0 unspecified atom stereocenters. The standard InChI is InChI=1S/C22H21N3O2S/c1-15-5-7-17(8-6-15)20(26)14-28-21-18-3-2-4-19(18)25(22(27)24-21)13-16-9-11-23-12-10-16/h5-12H,2-4,13-14H2,1H3. The highest BCUT2D eigenvalue weighted by molar-refractivity contribution is 8.00. The van der Waals surface area contributed by atoms with Crippen LogP contribution in [0.1, 0.15) is 39.2 Å². The number of fused-ring (bicyclic) bond motifs is 1. The average molecular weight is 391 g/mol. The summed E-state index contributed by atoms with van der Waals surface area (Å²) in [7, 11) is 0. The van der Waals surface area contributed by atoms with Gasteiger partial charge in [0.05, 0.1) is 12.3 Å². The number of aromatic nitrogens is 3. The van der Waals surface area contributed by atoms with Gasteiger partial charge < -0.3 is 0 Å². The largest absolute Gasteiger partial charge is 0.349 e. The van der Waals surface area contributed by atoms with Gasteiger partial charge in [0.1, 0.15) is 5.03 Å². The van der Waals surface area contributed by atoms with Crippen molar-refractivity contribution < 1.29 is 4.79 Å². The van der Waals surface area contributed by atoms with Crippen LogP contribution < -0.4 is 5.69 Å². The number of ketones is 1. The van der Waals surface area contributed by atoms with Crippen molar-refractivity contribution in [2.24, 2.45) is 0 Å². The minimum atomic E-state index is -0.247. The van der Waals surface area contributed by atoms with E-state index >= 15 is 0 Å². The number of hydrogen-bond donors (Lipinski definition) is 0. The molecule has 2 aromatic heterocycles. The molecule has 0 spiro atoms. The lowest BCUT2D eigenvalue weighted by atomic mass is 10.1. The van der Waals surface area contributed by atoms with Gasteiger partial charge in [0.2, 0.25) is 0 Å². The number of pyridine rings is 1. The predicted molar refractivity (Wildman–Crippen MR) is 110 cm³/mol. The van der Waals surface area contributed by atoms with Crippen molar-refractivity contribution in [3.8, 4) is 0 Å². The number of Topliss-reactive ketones (excluding diaryl/α,β-unsaturated/α-hetero) is 1. The molecule has 0 saturated heterocycles. The van der Waals surface area contributed by atoms with Gasteiger partial charge in [0.15, 0.2) is 5.78 Å². The molecule has 6 heteroatoms. The third-order valence-electron chi connectivity index (χ3n) is 5.00. The SMILES string of the molecule is Cc1ccc(C(=O)CSc2nc(=O)n(Cc3ccncc3)c3c2CCC3)cc1. The van der Waals surface area contributed by atoms with Crippen molar-refractivity contribution in [3.63, 3.8) is 0 Å². The van der Waals surface area contributed by atoms with Crippen LogP contribution in [0.5, 0.6) is 0 Å². The summed E-state index contributed by atoms with van der Waals surface area (Å²) < 4.78 is 1.77. The summed E-state index contributed by atoms with van der Waals surface area (Å²) in [5.74, 6) is 0.343. The second-order valence-electron chi connectivity index (χ2n) is 7.00. The Balaban J connectivity index is 1.56. The Morgan fingerprint density at radius 3 is 2.61 bits per heavy atom. The van der Waals surface area contributed by atoms with E-state index in [0.29, 0.717) is 17.1 Å². The fraction of sp³-hybridized carbons (Fsp3) is 0.273. The molecule has 0 radical (unpaired) electrons. The van der Waals surface area contributed by atoms with Gasteiger partial charge >= 0.3 is 5.69 Å². The molecule has 0 fully saturated rings. The topological polar surface area (TPSA) is 64.8 Å². The van der Waals surface area contributed by atoms with E-state index < -0.39 is 0 Å². The van der Waals surface area contributed by atoms with Crippen molar-refractivity contribution >= 4 is 17.5 Å². The van der Waals surface area contributed by atoms with Crippen LogP contribution in [-0.4, -0.2) is 26.1 Å². The number of carbonyl (C=O) groups excluding carboxylic acids is 1. The summed E-state index contributed by atoms with van der Waals surface area (Å²) in [5, 5.41) is 0.712. The van der Waals surface area contributed by atoms with Crippen molar-refractivity contribution in [2.75, 3.05) is 5.75 Å².